The van der Waals surface area contributed by atoms with Gasteiger partial charge >= 0.3 is 0 Å². The molecule has 1 atom stereocenters. The number of carbonyl (C=O) groups excluding carboxylic acids is 2. The maximum Gasteiger partial charge on any atom is 0.272 e. The Balaban J connectivity index is 1.50. The van der Waals surface area contributed by atoms with Gasteiger partial charge < -0.3 is 15.3 Å². The summed E-state index contributed by atoms with van der Waals surface area (Å²) < 4.78 is 25.5. The summed E-state index contributed by atoms with van der Waals surface area (Å²) in [6.07, 6.45) is 0.971. The summed E-state index contributed by atoms with van der Waals surface area (Å²) in [5.74, 6) is -0.861. The number of amides is 2. The third-order valence-corrected chi connectivity index (χ3v) is 10.6. The molecule has 1 aliphatic heterocycles. The molecule has 38 heavy (non-hydrogen) atoms. The Morgan fingerprint density at radius 2 is 2.05 bits per heavy atom. The number of nitrogens with zero attached hydrogens (tertiary/aromatic N) is 7. The van der Waals surface area contributed by atoms with E-state index >= 15 is 0 Å². The van der Waals surface area contributed by atoms with E-state index in [0.717, 1.165) is 5.56 Å². The number of nitrogens with one attached hydrogen (secondary N) is 1. The van der Waals surface area contributed by atoms with Gasteiger partial charge in [-0.2, -0.15) is 10.4 Å². The average Bonchev–Trinajstić information content (AvgIpc) is 3.63. The molecule has 1 fully saturated rings. The van der Waals surface area contributed by atoms with Crippen LogP contribution in [0.15, 0.2) is 29.4 Å². The van der Waals surface area contributed by atoms with Gasteiger partial charge in [0, 0.05) is 43.7 Å². The lowest BCUT2D eigenvalue weighted by Gasteiger charge is -2.35. The van der Waals surface area contributed by atoms with Gasteiger partial charge in [0.2, 0.25) is 0 Å². The number of aliphatic hydroxyl groups excluding tert-OH is 1. The molecule has 1 aromatic carbocycles. The maximum atomic E-state index is 13.5. The van der Waals surface area contributed by atoms with Gasteiger partial charge in [0.05, 0.1) is 27.7 Å². The first kappa shape index (κ1) is 27.1. The van der Waals surface area contributed by atoms with Crippen molar-refractivity contribution in [3.63, 3.8) is 0 Å². The molecule has 2 aromatic rings. The van der Waals surface area contributed by atoms with Crippen molar-refractivity contribution >= 4 is 21.7 Å². The number of carbonyl (C=O) groups is 2. The van der Waals surface area contributed by atoms with Crippen LogP contribution < -0.4 is 5.32 Å². The van der Waals surface area contributed by atoms with Crippen LogP contribution in [0.3, 0.4) is 0 Å². The van der Waals surface area contributed by atoms with Crippen LogP contribution in [0.1, 0.15) is 57.4 Å². The Labute approximate surface area is 219 Å². The number of rotatable bonds is 10. The highest BCUT2D eigenvalue weighted by Gasteiger charge is 2.62. The number of aryl methyl sites for hydroxylation is 1. The molecule has 2 N–H and O–H groups in total. The smallest absolute Gasteiger partial charge is 0.272 e. The number of aromatic nitrogens is 2. The van der Waals surface area contributed by atoms with Gasteiger partial charge in [0.25, 0.3) is 11.8 Å². The number of sulfone groups is 1. The van der Waals surface area contributed by atoms with E-state index in [1.54, 1.807) is 31.3 Å². The highest BCUT2D eigenvalue weighted by atomic mass is 32.2. The highest BCUT2D eigenvalue weighted by molar-refractivity contribution is 7.94. The van der Waals surface area contributed by atoms with Gasteiger partial charge in [-0.15, -0.1) is 0 Å². The Kier molecular flexibility index (Phi) is 7.20. The van der Waals surface area contributed by atoms with Crippen molar-refractivity contribution in [3.05, 3.63) is 62.8 Å². The predicted molar refractivity (Wildman–Crippen MR) is 136 cm³/mol. The van der Waals surface area contributed by atoms with Crippen LogP contribution in [0.2, 0.25) is 0 Å². The number of fused-ring (bicyclic) bond motifs is 1. The van der Waals surface area contributed by atoms with Gasteiger partial charge in [0.15, 0.2) is 15.5 Å². The zero-order chi connectivity index (χ0) is 27.7. The standard InChI is InChI=1S/C24H28N8O5S/c1-23(15-33,13-28-30-26)38(36,37)24(8-9-24)14-32-10-7-18-19(29-31(2)20(18)22(32)35)21(34)27-12-17-5-3-16(11-25)4-6-17/h3-6,33H,7-10,12-15H2,1-2H3,(H,27,34). The van der Waals surface area contributed by atoms with Crippen molar-refractivity contribution < 1.29 is 23.1 Å². The van der Waals surface area contributed by atoms with E-state index in [9.17, 15) is 23.1 Å². The molecule has 0 radical (unpaired) electrons. The summed E-state index contributed by atoms with van der Waals surface area (Å²) in [5, 5.41) is 29.2. The molecule has 2 aliphatic rings. The second-order valence-electron chi connectivity index (χ2n) is 9.95. The number of benzene rings is 1. The summed E-state index contributed by atoms with van der Waals surface area (Å²) in [7, 11) is -2.42. The van der Waals surface area contributed by atoms with Crippen LogP contribution in [0.4, 0.5) is 0 Å². The largest absolute Gasteiger partial charge is 0.395 e. The van der Waals surface area contributed by atoms with Crippen molar-refractivity contribution in [1.29, 1.82) is 5.26 Å². The molecule has 0 spiro atoms. The van der Waals surface area contributed by atoms with E-state index in [0.29, 0.717) is 30.4 Å². The van der Waals surface area contributed by atoms with Crippen LogP contribution in [0.5, 0.6) is 0 Å². The Morgan fingerprint density at radius 3 is 2.63 bits per heavy atom. The summed E-state index contributed by atoms with van der Waals surface area (Å²) >= 11 is 0. The van der Waals surface area contributed by atoms with E-state index in [2.05, 4.69) is 20.4 Å². The van der Waals surface area contributed by atoms with Crippen LogP contribution in [0, 0.1) is 11.3 Å². The summed E-state index contributed by atoms with van der Waals surface area (Å²) in [6.45, 7) is 0.580. The quantitative estimate of drug-likeness (QED) is 0.257. The van der Waals surface area contributed by atoms with Crippen molar-refractivity contribution in [2.24, 2.45) is 12.2 Å². The van der Waals surface area contributed by atoms with Crippen LogP contribution in [-0.4, -0.2) is 75.8 Å². The Bertz CT molecular complexity index is 1470. The lowest BCUT2D eigenvalue weighted by Crippen LogP contribution is -2.54. The molecule has 2 amide bonds. The molecule has 200 valence electrons. The van der Waals surface area contributed by atoms with Crippen LogP contribution >= 0.6 is 0 Å². The van der Waals surface area contributed by atoms with E-state index in [1.165, 1.54) is 16.5 Å². The van der Waals surface area contributed by atoms with Crippen molar-refractivity contribution in [2.75, 3.05) is 26.2 Å². The second-order valence-corrected chi connectivity index (χ2v) is 12.8. The van der Waals surface area contributed by atoms with Gasteiger partial charge in [-0.05, 0) is 49.4 Å². The third kappa shape index (κ3) is 4.60. The Hall–Kier alpha value is -3.92. The van der Waals surface area contributed by atoms with Crippen LogP contribution in [-0.2, 0) is 29.9 Å². The molecule has 14 heteroatoms. The minimum Gasteiger partial charge on any atom is -0.395 e. The molecular formula is C24H28N8O5S. The summed E-state index contributed by atoms with van der Waals surface area (Å²) in [4.78, 5) is 30.4. The number of hydrogen-bond donors (Lipinski definition) is 2. The number of azide groups is 1. The molecule has 1 aromatic heterocycles. The van der Waals surface area contributed by atoms with Crippen molar-refractivity contribution in [3.8, 4) is 6.07 Å². The summed E-state index contributed by atoms with van der Waals surface area (Å²) in [5.41, 5.74) is 10.8. The minimum absolute atomic E-state index is 0.0646. The van der Waals surface area contributed by atoms with E-state index in [1.807, 2.05) is 6.07 Å². The average molecular weight is 541 g/mol. The van der Waals surface area contributed by atoms with E-state index in [4.69, 9.17) is 10.8 Å². The zero-order valence-corrected chi connectivity index (χ0v) is 21.9. The molecule has 1 saturated carbocycles. The fraction of sp³-hybridized carbons (Fsp3) is 0.500. The number of nitriles is 1. The van der Waals surface area contributed by atoms with E-state index < -0.39 is 44.3 Å². The molecule has 4 rings (SSSR count). The molecule has 0 saturated heterocycles. The lowest BCUT2D eigenvalue weighted by atomic mass is 10.0. The topological polar surface area (TPSA) is 194 Å². The third-order valence-electron chi connectivity index (χ3n) is 7.33. The van der Waals surface area contributed by atoms with Gasteiger partial charge in [0.1, 0.15) is 5.69 Å². The first-order valence-corrected chi connectivity index (χ1v) is 13.5. The first-order chi connectivity index (χ1) is 18.0. The molecular weight excluding hydrogens is 512 g/mol. The fourth-order valence-corrected chi connectivity index (χ4v) is 7.20. The van der Waals surface area contributed by atoms with Crippen molar-refractivity contribution in [1.82, 2.24) is 20.0 Å². The fourth-order valence-electron chi connectivity index (χ4n) is 4.79. The minimum atomic E-state index is -3.98. The SMILES string of the molecule is Cn1nc(C(=O)NCc2ccc(C#N)cc2)c2c1C(=O)N(CC1(S(=O)(=O)C(C)(CO)CN=[N+]=[N-])CC1)CC2. The van der Waals surface area contributed by atoms with Crippen LogP contribution in [0.25, 0.3) is 10.4 Å². The second kappa shape index (κ2) is 10.1. The Morgan fingerprint density at radius 1 is 1.37 bits per heavy atom. The van der Waals surface area contributed by atoms with Gasteiger partial charge in [-0.3, -0.25) is 14.3 Å². The maximum absolute atomic E-state index is 13.5. The number of aliphatic hydroxyl groups is 1. The molecule has 0 bridgehead atoms. The lowest BCUT2D eigenvalue weighted by molar-refractivity contribution is 0.0724. The normalized spacial score (nSPS) is 17.5. The first-order valence-electron chi connectivity index (χ1n) is 12.0. The molecule has 13 nitrogen and oxygen atoms in total. The molecule has 1 aliphatic carbocycles. The van der Waals surface area contributed by atoms with Crippen molar-refractivity contribution in [2.45, 2.75) is 42.2 Å². The highest BCUT2D eigenvalue weighted by Crippen LogP contribution is 2.49. The monoisotopic (exact) mass is 540 g/mol. The molecule has 2 heterocycles. The van der Waals surface area contributed by atoms with Gasteiger partial charge in [-0.25, -0.2) is 8.42 Å². The molecule has 1 unspecified atom stereocenters. The van der Waals surface area contributed by atoms with Gasteiger partial charge in [-0.1, -0.05) is 17.2 Å². The predicted octanol–water partition coefficient (Wildman–Crippen LogP) is 1.23. The van der Waals surface area contributed by atoms with E-state index in [-0.39, 0.29) is 31.0 Å². The number of hydrogen-bond acceptors (Lipinski definition) is 8. The summed E-state index contributed by atoms with van der Waals surface area (Å²) in [6, 6.07) is 8.83. The zero-order valence-electron chi connectivity index (χ0n) is 21.1.